The zero-order chi connectivity index (χ0) is 11.9. The largest absolute Gasteiger partial charge is 0.312 e. The lowest BCUT2D eigenvalue weighted by Crippen LogP contribution is -2.14. The van der Waals surface area contributed by atoms with E-state index in [1.807, 2.05) is 25.4 Å². The Balaban J connectivity index is 1.96. The molecule has 0 amide bonds. The summed E-state index contributed by atoms with van der Waals surface area (Å²) in [5.74, 6) is 5.94. The van der Waals surface area contributed by atoms with E-state index >= 15 is 0 Å². The van der Waals surface area contributed by atoms with Crippen LogP contribution < -0.4 is 5.32 Å². The molecule has 1 aromatic carbocycles. The van der Waals surface area contributed by atoms with Crippen LogP contribution in [0.3, 0.4) is 0 Å². The molecule has 0 unspecified atom stereocenters. The third kappa shape index (κ3) is 3.30. The molecule has 1 aromatic heterocycles. The maximum atomic E-state index is 4.11. The molecule has 2 heteroatoms. The van der Waals surface area contributed by atoms with Gasteiger partial charge in [-0.3, -0.25) is 4.98 Å². The number of benzene rings is 1. The van der Waals surface area contributed by atoms with E-state index in [0.29, 0.717) is 0 Å². The van der Waals surface area contributed by atoms with Gasteiger partial charge in [0.05, 0.1) is 0 Å². The van der Waals surface area contributed by atoms with Crippen LogP contribution in [0.2, 0.25) is 0 Å². The van der Waals surface area contributed by atoms with Crippen LogP contribution in [0, 0.1) is 11.8 Å². The van der Waals surface area contributed by atoms with Crippen LogP contribution in [0.5, 0.6) is 0 Å². The SMILES string of the molecule is CC#CCCNCc1ccc2cnccc2c1. The molecule has 0 saturated carbocycles. The van der Waals surface area contributed by atoms with E-state index < -0.39 is 0 Å². The van der Waals surface area contributed by atoms with Crippen LogP contribution in [0.4, 0.5) is 0 Å². The van der Waals surface area contributed by atoms with Gasteiger partial charge in [-0.05, 0) is 30.0 Å². The average Bonchev–Trinajstić information content (AvgIpc) is 2.38. The Morgan fingerprint density at radius 1 is 1.24 bits per heavy atom. The molecule has 2 aromatic rings. The van der Waals surface area contributed by atoms with Gasteiger partial charge >= 0.3 is 0 Å². The Morgan fingerprint density at radius 3 is 3.06 bits per heavy atom. The van der Waals surface area contributed by atoms with Crippen molar-refractivity contribution in [2.45, 2.75) is 19.9 Å². The number of hydrogen-bond donors (Lipinski definition) is 1. The molecule has 0 aliphatic carbocycles. The summed E-state index contributed by atoms with van der Waals surface area (Å²) in [6.07, 6.45) is 4.63. The van der Waals surface area contributed by atoms with Gasteiger partial charge in [-0.15, -0.1) is 11.8 Å². The normalized spacial score (nSPS) is 9.94. The molecule has 0 aliphatic heterocycles. The number of nitrogens with zero attached hydrogens (tertiary/aromatic N) is 1. The molecule has 0 aliphatic rings. The van der Waals surface area contributed by atoms with Crippen molar-refractivity contribution in [2.75, 3.05) is 6.54 Å². The third-order valence-corrected chi connectivity index (χ3v) is 2.64. The monoisotopic (exact) mass is 224 g/mol. The van der Waals surface area contributed by atoms with Crippen molar-refractivity contribution in [3.63, 3.8) is 0 Å². The molecule has 2 rings (SSSR count). The van der Waals surface area contributed by atoms with E-state index in [1.54, 1.807) is 0 Å². The van der Waals surface area contributed by atoms with Gasteiger partial charge in [-0.2, -0.15) is 0 Å². The van der Waals surface area contributed by atoms with E-state index in [0.717, 1.165) is 19.5 Å². The predicted octanol–water partition coefficient (Wildman–Crippen LogP) is 2.74. The van der Waals surface area contributed by atoms with Crippen LogP contribution in [0.25, 0.3) is 10.8 Å². The molecule has 0 bridgehead atoms. The first kappa shape index (κ1) is 11.6. The molecule has 1 heterocycles. The first-order chi connectivity index (χ1) is 8.40. The van der Waals surface area contributed by atoms with E-state index in [9.17, 15) is 0 Å². The highest BCUT2D eigenvalue weighted by Crippen LogP contribution is 2.14. The molecular formula is C15H16N2. The minimum atomic E-state index is 0.893. The lowest BCUT2D eigenvalue weighted by molar-refractivity contribution is 0.702. The van der Waals surface area contributed by atoms with Crippen molar-refractivity contribution < 1.29 is 0 Å². The van der Waals surface area contributed by atoms with Gasteiger partial charge in [0.25, 0.3) is 0 Å². The molecule has 0 radical (unpaired) electrons. The van der Waals surface area contributed by atoms with Crippen molar-refractivity contribution in [3.05, 3.63) is 42.2 Å². The Bertz CT molecular complexity index is 549. The topological polar surface area (TPSA) is 24.9 Å². The Kier molecular flexibility index (Phi) is 4.12. The van der Waals surface area contributed by atoms with Gasteiger partial charge in [0.1, 0.15) is 0 Å². The number of rotatable bonds is 4. The van der Waals surface area contributed by atoms with Gasteiger partial charge in [-0.1, -0.05) is 12.1 Å². The fraction of sp³-hybridized carbons (Fsp3) is 0.267. The van der Waals surface area contributed by atoms with E-state index in [-0.39, 0.29) is 0 Å². The Hall–Kier alpha value is -1.85. The minimum Gasteiger partial charge on any atom is -0.312 e. The number of aromatic nitrogens is 1. The molecule has 0 fully saturated rings. The number of nitrogens with one attached hydrogen (secondary N) is 1. The van der Waals surface area contributed by atoms with E-state index in [4.69, 9.17) is 0 Å². The zero-order valence-electron chi connectivity index (χ0n) is 10.0. The summed E-state index contributed by atoms with van der Waals surface area (Å²) in [4.78, 5) is 4.11. The van der Waals surface area contributed by atoms with Crippen LogP contribution in [0.1, 0.15) is 18.9 Å². The lowest BCUT2D eigenvalue weighted by Gasteiger charge is -2.04. The zero-order valence-corrected chi connectivity index (χ0v) is 10.0. The predicted molar refractivity (Wildman–Crippen MR) is 71.5 cm³/mol. The first-order valence-corrected chi connectivity index (χ1v) is 5.83. The van der Waals surface area contributed by atoms with Gasteiger partial charge in [0.15, 0.2) is 0 Å². The lowest BCUT2D eigenvalue weighted by atomic mass is 10.1. The van der Waals surface area contributed by atoms with E-state index in [2.05, 4.69) is 40.3 Å². The van der Waals surface area contributed by atoms with Gasteiger partial charge in [0.2, 0.25) is 0 Å². The van der Waals surface area contributed by atoms with Crippen LogP contribution in [0.15, 0.2) is 36.7 Å². The Morgan fingerprint density at radius 2 is 2.18 bits per heavy atom. The molecule has 86 valence electrons. The second-order valence-electron chi connectivity index (χ2n) is 3.91. The summed E-state index contributed by atoms with van der Waals surface area (Å²) in [5.41, 5.74) is 1.30. The maximum absolute atomic E-state index is 4.11. The van der Waals surface area contributed by atoms with Crippen molar-refractivity contribution in [2.24, 2.45) is 0 Å². The fourth-order valence-corrected chi connectivity index (χ4v) is 1.75. The highest BCUT2D eigenvalue weighted by Gasteiger charge is 1.95. The highest BCUT2D eigenvalue weighted by atomic mass is 14.8. The molecule has 0 spiro atoms. The standard InChI is InChI=1S/C15H16N2/c1-2-3-4-8-16-11-13-5-6-15-12-17-9-7-14(15)10-13/h5-7,9-10,12,16H,4,8,11H2,1H3. The average molecular weight is 224 g/mol. The van der Waals surface area contributed by atoms with Crippen molar-refractivity contribution in [1.82, 2.24) is 10.3 Å². The summed E-state index contributed by atoms with van der Waals surface area (Å²) in [5, 5.41) is 5.81. The van der Waals surface area contributed by atoms with Gasteiger partial charge in [-0.25, -0.2) is 0 Å². The van der Waals surface area contributed by atoms with E-state index in [1.165, 1.54) is 16.3 Å². The van der Waals surface area contributed by atoms with Crippen LogP contribution >= 0.6 is 0 Å². The highest BCUT2D eigenvalue weighted by molar-refractivity contribution is 5.81. The van der Waals surface area contributed by atoms with Crippen molar-refractivity contribution in [3.8, 4) is 11.8 Å². The molecule has 0 saturated heterocycles. The first-order valence-electron chi connectivity index (χ1n) is 5.83. The number of hydrogen-bond acceptors (Lipinski definition) is 2. The fourth-order valence-electron chi connectivity index (χ4n) is 1.75. The summed E-state index contributed by atoms with van der Waals surface area (Å²) in [6, 6.07) is 8.50. The maximum Gasteiger partial charge on any atom is 0.0346 e. The number of pyridine rings is 1. The molecule has 2 nitrogen and oxygen atoms in total. The van der Waals surface area contributed by atoms with Crippen molar-refractivity contribution in [1.29, 1.82) is 0 Å². The summed E-state index contributed by atoms with van der Waals surface area (Å²) in [7, 11) is 0. The smallest absolute Gasteiger partial charge is 0.0346 e. The molecular weight excluding hydrogens is 208 g/mol. The quantitative estimate of drug-likeness (QED) is 0.638. The molecule has 1 N–H and O–H groups in total. The van der Waals surface area contributed by atoms with Gasteiger partial charge in [0, 0.05) is 37.3 Å². The third-order valence-electron chi connectivity index (χ3n) is 2.64. The summed E-state index contributed by atoms with van der Waals surface area (Å²) < 4.78 is 0. The van der Waals surface area contributed by atoms with Crippen LogP contribution in [-0.2, 0) is 6.54 Å². The Labute approximate surface area is 102 Å². The summed E-state index contributed by atoms with van der Waals surface area (Å²) in [6.45, 7) is 3.70. The van der Waals surface area contributed by atoms with Gasteiger partial charge < -0.3 is 5.32 Å². The second-order valence-corrected chi connectivity index (χ2v) is 3.91. The minimum absolute atomic E-state index is 0.893. The second kappa shape index (κ2) is 6.03. The molecule has 0 atom stereocenters. The van der Waals surface area contributed by atoms with Crippen molar-refractivity contribution >= 4 is 10.8 Å². The molecule has 17 heavy (non-hydrogen) atoms. The summed E-state index contributed by atoms with van der Waals surface area (Å²) >= 11 is 0. The number of fused-ring (bicyclic) bond motifs is 1. The van der Waals surface area contributed by atoms with Crippen LogP contribution in [-0.4, -0.2) is 11.5 Å².